The number of halogens is 1. The average Bonchev–Trinajstić information content (AvgIpc) is 2.63. The van der Waals surface area contributed by atoms with Crippen molar-refractivity contribution in [2.24, 2.45) is 0 Å². The summed E-state index contributed by atoms with van der Waals surface area (Å²) in [4.78, 5) is 24.0. The molecule has 1 N–H and O–H groups in total. The SMILES string of the molecule is COC(=O)c1ccc(C)c(NC(=O)COc2cc(C)c(Cl)cc2C(C)C)c1. The lowest BCUT2D eigenvalue weighted by molar-refractivity contribution is -0.118. The Bertz CT molecular complexity index is 862. The van der Waals surface area contributed by atoms with Gasteiger partial charge in [0, 0.05) is 10.7 Å². The third kappa shape index (κ3) is 5.23. The molecule has 6 heteroatoms. The van der Waals surface area contributed by atoms with Crippen LogP contribution in [0, 0.1) is 13.8 Å². The van der Waals surface area contributed by atoms with E-state index in [1.165, 1.54) is 7.11 Å². The maximum absolute atomic E-state index is 12.3. The smallest absolute Gasteiger partial charge is 0.337 e. The Morgan fingerprint density at radius 1 is 1.11 bits per heavy atom. The van der Waals surface area contributed by atoms with Gasteiger partial charge in [0.2, 0.25) is 0 Å². The van der Waals surface area contributed by atoms with Gasteiger partial charge in [-0.2, -0.15) is 0 Å². The van der Waals surface area contributed by atoms with Crippen molar-refractivity contribution in [3.05, 3.63) is 57.6 Å². The van der Waals surface area contributed by atoms with Crippen LogP contribution in [0.25, 0.3) is 0 Å². The van der Waals surface area contributed by atoms with E-state index in [1.54, 1.807) is 18.2 Å². The van der Waals surface area contributed by atoms with Crippen molar-refractivity contribution in [2.45, 2.75) is 33.6 Å². The number of hydrogen-bond acceptors (Lipinski definition) is 4. The van der Waals surface area contributed by atoms with Crippen molar-refractivity contribution in [3.8, 4) is 5.75 Å². The van der Waals surface area contributed by atoms with Gasteiger partial charge >= 0.3 is 5.97 Å². The number of nitrogens with one attached hydrogen (secondary N) is 1. The lowest BCUT2D eigenvalue weighted by Gasteiger charge is -2.16. The zero-order valence-electron chi connectivity index (χ0n) is 16.2. The Hall–Kier alpha value is -2.53. The number of ether oxygens (including phenoxy) is 2. The van der Waals surface area contributed by atoms with E-state index >= 15 is 0 Å². The molecule has 0 heterocycles. The lowest BCUT2D eigenvalue weighted by Crippen LogP contribution is -2.21. The fourth-order valence-electron chi connectivity index (χ4n) is 2.58. The Morgan fingerprint density at radius 3 is 2.44 bits per heavy atom. The molecule has 27 heavy (non-hydrogen) atoms. The number of anilines is 1. The van der Waals surface area contributed by atoms with E-state index in [1.807, 2.05) is 39.8 Å². The van der Waals surface area contributed by atoms with Gasteiger partial charge in [0.1, 0.15) is 5.75 Å². The Labute approximate surface area is 164 Å². The first-order valence-electron chi connectivity index (χ1n) is 8.64. The fraction of sp³-hybridized carbons (Fsp3) is 0.333. The maximum atomic E-state index is 12.3. The molecular weight excluding hydrogens is 366 g/mol. The molecule has 0 unspecified atom stereocenters. The number of benzene rings is 2. The van der Waals surface area contributed by atoms with Crippen molar-refractivity contribution >= 4 is 29.2 Å². The first-order valence-corrected chi connectivity index (χ1v) is 9.02. The molecule has 2 rings (SSSR count). The molecule has 0 radical (unpaired) electrons. The molecule has 0 aliphatic rings. The minimum Gasteiger partial charge on any atom is -0.483 e. The summed E-state index contributed by atoms with van der Waals surface area (Å²) in [7, 11) is 1.31. The highest BCUT2D eigenvalue weighted by Gasteiger charge is 2.14. The van der Waals surface area contributed by atoms with Crippen molar-refractivity contribution < 1.29 is 19.1 Å². The van der Waals surface area contributed by atoms with E-state index in [9.17, 15) is 9.59 Å². The van der Waals surface area contributed by atoms with Crippen LogP contribution in [0.2, 0.25) is 5.02 Å². The number of aryl methyl sites for hydroxylation is 2. The van der Waals surface area contributed by atoms with E-state index < -0.39 is 5.97 Å². The third-order valence-corrected chi connectivity index (χ3v) is 4.61. The van der Waals surface area contributed by atoms with Gasteiger partial charge in [0.05, 0.1) is 12.7 Å². The van der Waals surface area contributed by atoms with Crippen LogP contribution in [0.15, 0.2) is 30.3 Å². The topological polar surface area (TPSA) is 64.6 Å². The van der Waals surface area contributed by atoms with Gasteiger partial charge in [-0.1, -0.05) is 31.5 Å². The van der Waals surface area contributed by atoms with E-state index in [0.29, 0.717) is 22.0 Å². The van der Waals surface area contributed by atoms with Crippen LogP contribution in [0.5, 0.6) is 5.75 Å². The van der Waals surface area contributed by atoms with Gasteiger partial charge < -0.3 is 14.8 Å². The summed E-state index contributed by atoms with van der Waals surface area (Å²) in [5, 5.41) is 3.45. The van der Waals surface area contributed by atoms with Gasteiger partial charge in [-0.05, 0) is 60.7 Å². The molecule has 0 saturated heterocycles. The summed E-state index contributed by atoms with van der Waals surface area (Å²) in [5.41, 5.74) is 3.58. The molecule has 0 fully saturated rings. The molecule has 5 nitrogen and oxygen atoms in total. The zero-order chi connectivity index (χ0) is 20.1. The van der Waals surface area contributed by atoms with Crippen LogP contribution in [-0.2, 0) is 9.53 Å². The van der Waals surface area contributed by atoms with Crippen LogP contribution in [0.3, 0.4) is 0 Å². The highest BCUT2D eigenvalue weighted by molar-refractivity contribution is 6.31. The number of rotatable bonds is 6. The fourth-order valence-corrected chi connectivity index (χ4v) is 2.75. The Balaban J connectivity index is 2.12. The molecule has 0 aromatic heterocycles. The quantitative estimate of drug-likeness (QED) is 0.715. The van der Waals surface area contributed by atoms with Crippen molar-refractivity contribution in [1.29, 1.82) is 0 Å². The predicted octanol–water partition coefficient (Wildman–Crippen LogP) is 4.88. The van der Waals surface area contributed by atoms with E-state index in [4.69, 9.17) is 21.1 Å². The van der Waals surface area contributed by atoms with Crippen LogP contribution >= 0.6 is 11.6 Å². The minimum absolute atomic E-state index is 0.150. The molecule has 0 saturated carbocycles. The molecule has 0 bridgehead atoms. The number of amides is 1. The van der Waals surface area contributed by atoms with Gasteiger partial charge in [0.15, 0.2) is 6.61 Å². The van der Waals surface area contributed by atoms with Crippen LogP contribution in [0.4, 0.5) is 5.69 Å². The number of carbonyl (C=O) groups excluding carboxylic acids is 2. The molecule has 0 aliphatic heterocycles. The minimum atomic E-state index is -0.458. The summed E-state index contributed by atoms with van der Waals surface area (Å²) < 4.78 is 10.5. The highest BCUT2D eigenvalue weighted by Crippen LogP contribution is 2.32. The Kier molecular flexibility index (Phi) is 6.86. The normalized spacial score (nSPS) is 10.6. The van der Waals surface area contributed by atoms with Crippen molar-refractivity contribution in [2.75, 3.05) is 19.0 Å². The second kappa shape index (κ2) is 8.91. The molecule has 0 atom stereocenters. The second-order valence-electron chi connectivity index (χ2n) is 6.65. The summed E-state index contributed by atoms with van der Waals surface area (Å²) in [6.07, 6.45) is 0. The van der Waals surface area contributed by atoms with E-state index in [-0.39, 0.29) is 18.4 Å². The van der Waals surface area contributed by atoms with Crippen LogP contribution in [-0.4, -0.2) is 25.6 Å². The van der Waals surface area contributed by atoms with E-state index in [0.717, 1.165) is 16.7 Å². The summed E-state index contributed by atoms with van der Waals surface area (Å²) in [6, 6.07) is 8.71. The third-order valence-electron chi connectivity index (χ3n) is 4.20. The number of carbonyl (C=O) groups is 2. The summed E-state index contributed by atoms with van der Waals surface area (Å²) in [6.45, 7) is 7.66. The summed E-state index contributed by atoms with van der Waals surface area (Å²) >= 11 is 6.20. The molecular formula is C21H24ClNO4. The predicted molar refractivity (Wildman–Crippen MR) is 107 cm³/mol. The lowest BCUT2D eigenvalue weighted by atomic mass is 10.0. The summed E-state index contributed by atoms with van der Waals surface area (Å²) in [5.74, 6) is 0.0737. The van der Waals surface area contributed by atoms with Gasteiger partial charge in [-0.3, -0.25) is 4.79 Å². The molecule has 2 aromatic carbocycles. The standard InChI is InChI=1S/C21H24ClNO4/c1-12(2)16-10-17(22)14(4)8-19(16)27-11-20(24)23-18-9-15(21(25)26-5)7-6-13(18)3/h6-10,12H,11H2,1-5H3,(H,23,24). The molecule has 1 amide bonds. The van der Waals surface area contributed by atoms with Gasteiger partial charge in [-0.25, -0.2) is 4.79 Å². The Morgan fingerprint density at radius 2 is 1.81 bits per heavy atom. The van der Waals surface area contributed by atoms with Gasteiger partial charge in [0.25, 0.3) is 5.91 Å². The average molecular weight is 390 g/mol. The van der Waals surface area contributed by atoms with Crippen LogP contribution < -0.4 is 10.1 Å². The molecule has 144 valence electrons. The molecule has 0 aliphatic carbocycles. The van der Waals surface area contributed by atoms with E-state index in [2.05, 4.69) is 5.32 Å². The first-order chi connectivity index (χ1) is 12.7. The molecule has 2 aromatic rings. The number of hydrogen-bond donors (Lipinski definition) is 1. The van der Waals surface area contributed by atoms with Crippen LogP contribution in [0.1, 0.15) is 46.8 Å². The van der Waals surface area contributed by atoms with Gasteiger partial charge in [-0.15, -0.1) is 0 Å². The first kappa shape index (κ1) is 20.8. The largest absolute Gasteiger partial charge is 0.483 e. The second-order valence-corrected chi connectivity index (χ2v) is 7.06. The van der Waals surface area contributed by atoms with Crippen molar-refractivity contribution in [1.82, 2.24) is 0 Å². The van der Waals surface area contributed by atoms with Crippen molar-refractivity contribution in [3.63, 3.8) is 0 Å². The maximum Gasteiger partial charge on any atom is 0.337 e. The zero-order valence-corrected chi connectivity index (χ0v) is 16.9. The number of esters is 1. The monoisotopic (exact) mass is 389 g/mol. The number of methoxy groups -OCH3 is 1. The highest BCUT2D eigenvalue weighted by atomic mass is 35.5. The molecule has 0 spiro atoms.